The van der Waals surface area contributed by atoms with E-state index in [9.17, 15) is 0 Å². The molecular formula is C10H8N2O. The van der Waals surface area contributed by atoms with Gasteiger partial charge in [0.05, 0.1) is 5.69 Å². The summed E-state index contributed by atoms with van der Waals surface area (Å²) < 4.78 is 0. The molecule has 2 rings (SSSR count). The van der Waals surface area contributed by atoms with Crippen molar-refractivity contribution in [1.82, 2.24) is 9.97 Å². The molecule has 0 aromatic carbocycles. The molecule has 1 N–H and O–H groups in total. The first-order valence-electron chi connectivity index (χ1n) is 3.93. The lowest BCUT2D eigenvalue weighted by Crippen LogP contribution is -1.82. The van der Waals surface area contributed by atoms with Crippen molar-refractivity contribution in [3.63, 3.8) is 0 Å². The Morgan fingerprint density at radius 2 is 1.92 bits per heavy atom. The summed E-state index contributed by atoms with van der Waals surface area (Å²) >= 11 is 0. The monoisotopic (exact) mass is 172 g/mol. The average Bonchev–Trinajstić information content (AvgIpc) is 2.19. The Balaban J connectivity index is 2.48. The molecule has 13 heavy (non-hydrogen) atoms. The van der Waals surface area contributed by atoms with Gasteiger partial charge in [-0.3, -0.25) is 4.98 Å². The molecular weight excluding hydrogens is 164 g/mol. The van der Waals surface area contributed by atoms with Crippen LogP contribution in [0.3, 0.4) is 0 Å². The highest BCUT2D eigenvalue weighted by Gasteiger charge is 1.98. The first-order chi connectivity index (χ1) is 6.36. The summed E-state index contributed by atoms with van der Waals surface area (Å²) in [5, 5.41) is 9.14. The number of rotatable bonds is 1. The van der Waals surface area contributed by atoms with Crippen LogP contribution in [0.25, 0.3) is 11.3 Å². The van der Waals surface area contributed by atoms with E-state index in [0.717, 1.165) is 11.3 Å². The molecule has 0 radical (unpaired) electrons. The van der Waals surface area contributed by atoms with Gasteiger partial charge in [0.15, 0.2) is 0 Å². The molecule has 0 amide bonds. The van der Waals surface area contributed by atoms with Crippen molar-refractivity contribution in [1.29, 1.82) is 0 Å². The second kappa shape index (κ2) is 3.23. The third kappa shape index (κ3) is 1.64. The smallest absolute Gasteiger partial charge is 0.211 e. The van der Waals surface area contributed by atoms with Crippen LogP contribution in [0.1, 0.15) is 0 Å². The Hall–Kier alpha value is -1.90. The fourth-order valence-electron chi connectivity index (χ4n) is 1.11. The van der Waals surface area contributed by atoms with Crippen LogP contribution in [-0.2, 0) is 0 Å². The van der Waals surface area contributed by atoms with Gasteiger partial charge in [-0.25, -0.2) is 4.98 Å². The van der Waals surface area contributed by atoms with E-state index in [1.807, 2.05) is 24.3 Å². The zero-order valence-electron chi connectivity index (χ0n) is 6.88. The lowest BCUT2D eigenvalue weighted by molar-refractivity contribution is 0.454. The fourth-order valence-corrected chi connectivity index (χ4v) is 1.11. The normalized spacial score (nSPS) is 9.85. The van der Waals surface area contributed by atoms with Crippen LogP contribution in [0.5, 0.6) is 5.88 Å². The van der Waals surface area contributed by atoms with E-state index in [2.05, 4.69) is 9.97 Å². The quantitative estimate of drug-likeness (QED) is 0.714. The highest BCUT2D eigenvalue weighted by molar-refractivity contribution is 5.59. The first kappa shape index (κ1) is 7.73. The Bertz CT molecular complexity index is 401. The van der Waals surface area contributed by atoms with Crippen LogP contribution in [0.2, 0.25) is 0 Å². The number of nitrogens with zero attached hydrogens (tertiary/aromatic N) is 2. The van der Waals surface area contributed by atoms with E-state index in [-0.39, 0.29) is 5.88 Å². The molecule has 2 aromatic rings. The molecule has 3 heteroatoms. The van der Waals surface area contributed by atoms with Gasteiger partial charge in [0.2, 0.25) is 5.88 Å². The highest BCUT2D eigenvalue weighted by atomic mass is 16.3. The highest BCUT2D eigenvalue weighted by Crippen LogP contribution is 2.18. The van der Waals surface area contributed by atoms with Crippen molar-refractivity contribution in [2.24, 2.45) is 0 Å². The summed E-state index contributed by atoms with van der Waals surface area (Å²) in [4.78, 5) is 7.84. The summed E-state index contributed by atoms with van der Waals surface area (Å²) in [5.74, 6) is 0.0168. The zero-order chi connectivity index (χ0) is 9.10. The van der Waals surface area contributed by atoms with E-state index in [1.54, 1.807) is 18.5 Å². The average molecular weight is 172 g/mol. The summed E-state index contributed by atoms with van der Waals surface area (Å²) in [6.07, 6.45) is 3.27. The van der Waals surface area contributed by atoms with Gasteiger partial charge in [0, 0.05) is 24.0 Å². The molecule has 3 nitrogen and oxygen atoms in total. The van der Waals surface area contributed by atoms with Gasteiger partial charge in [-0.1, -0.05) is 6.07 Å². The van der Waals surface area contributed by atoms with Gasteiger partial charge in [-0.05, 0) is 18.2 Å². The standard InChI is InChI=1S/C10H8N2O/c13-10-7-8(4-6-12-10)9-3-1-2-5-11-9/h1-7H,(H,12,13). The first-order valence-corrected chi connectivity index (χ1v) is 3.93. The maximum absolute atomic E-state index is 9.14. The predicted molar refractivity (Wildman–Crippen MR) is 49.1 cm³/mol. The van der Waals surface area contributed by atoms with Gasteiger partial charge in [0.1, 0.15) is 0 Å². The zero-order valence-corrected chi connectivity index (χ0v) is 6.88. The third-order valence-corrected chi connectivity index (χ3v) is 1.71. The van der Waals surface area contributed by atoms with Crippen LogP contribution in [0.4, 0.5) is 0 Å². The molecule has 64 valence electrons. The maximum Gasteiger partial charge on any atom is 0.211 e. The van der Waals surface area contributed by atoms with Gasteiger partial charge in [0.25, 0.3) is 0 Å². The molecule has 0 saturated heterocycles. The molecule has 0 unspecified atom stereocenters. The van der Waals surface area contributed by atoms with Gasteiger partial charge >= 0.3 is 0 Å². The van der Waals surface area contributed by atoms with Crippen molar-refractivity contribution < 1.29 is 5.11 Å². The maximum atomic E-state index is 9.14. The van der Waals surface area contributed by atoms with E-state index in [4.69, 9.17) is 5.11 Å². The van der Waals surface area contributed by atoms with Gasteiger partial charge in [-0.2, -0.15) is 0 Å². The van der Waals surface area contributed by atoms with Crippen molar-refractivity contribution in [3.8, 4) is 17.1 Å². The van der Waals surface area contributed by atoms with E-state index in [0.29, 0.717) is 0 Å². The molecule has 2 heterocycles. The minimum Gasteiger partial charge on any atom is -0.493 e. The van der Waals surface area contributed by atoms with E-state index >= 15 is 0 Å². The minimum absolute atomic E-state index is 0.0168. The van der Waals surface area contributed by atoms with E-state index < -0.39 is 0 Å². The molecule has 0 aliphatic rings. The van der Waals surface area contributed by atoms with Crippen molar-refractivity contribution >= 4 is 0 Å². The molecule has 0 spiro atoms. The van der Waals surface area contributed by atoms with Crippen LogP contribution < -0.4 is 0 Å². The Morgan fingerprint density at radius 1 is 1.00 bits per heavy atom. The second-order valence-electron chi connectivity index (χ2n) is 2.62. The number of hydrogen-bond donors (Lipinski definition) is 1. The molecule has 0 saturated carbocycles. The van der Waals surface area contributed by atoms with Crippen molar-refractivity contribution in [3.05, 3.63) is 42.7 Å². The summed E-state index contributed by atoms with van der Waals surface area (Å²) in [5.41, 5.74) is 1.70. The van der Waals surface area contributed by atoms with Crippen LogP contribution in [0, 0.1) is 0 Å². The van der Waals surface area contributed by atoms with Gasteiger partial charge in [-0.15, -0.1) is 0 Å². The van der Waals surface area contributed by atoms with Crippen molar-refractivity contribution in [2.75, 3.05) is 0 Å². The molecule has 0 fully saturated rings. The molecule has 2 aromatic heterocycles. The lowest BCUT2D eigenvalue weighted by atomic mass is 10.2. The largest absolute Gasteiger partial charge is 0.493 e. The molecule has 0 bridgehead atoms. The second-order valence-corrected chi connectivity index (χ2v) is 2.62. The van der Waals surface area contributed by atoms with E-state index in [1.165, 1.54) is 0 Å². The SMILES string of the molecule is Oc1cc(-c2ccccn2)ccn1. The Kier molecular flexibility index (Phi) is 1.92. The number of aromatic hydroxyl groups is 1. The summed E-state index contributed by atoms with van der Waals surface area (Å²) in [7, 11) is 0. The summed E-state index contributed by atoms with van der Waals surface area (Å²) in [6.45, 7) is 0. The number of pyridine rings is 2. The predicted octanol–water partition coefficient (Wildman–Crippen LogP) is 1.85. The van der Waals surface area contributed by atoms with Crippen LogP contribution >= 0.6 is 0 Å². The molecule has 0 atom stereocenters. The number of aromatic nitrogens is 2. The Labute approximate surface area is 75.7 Å². The number of hydrogen-bond acceptors (Lipinski definition) is 3. The van der Waals surface area contributed by atoms with Crippen molar-refractivity contribution in [2.45, 2.75) is 0 Å². The lowest BCUT2D eigenvalue weighted by Gasteiger charge is -1.98. The topological polar surface area (TPSA) is 46.0 Å². The third-order valence-electron chi connectivity index (χ3n) is 1.71. The summed E-state index contributed by atoms with van der Waals surface area (Å²) in [6, 6.07) is 9.03. The molecule has 0 aliphatic carbocycles. The van der Waals surface area contributed by atoms with Crippen LogP contribution in [0.15, 0.2) is 42.7 Å². The minimum atomic E-state index is 0.0168. The van der Waals surface area contributed by atoms with Crippen LogP contribution in [-0.4, -0.2) is 15.1 Å². The van der Waals surface area contributed by atoms with Gasteiger partial charge < -0.3 is 5.11 Å². The Morgan fingerprint density at radius 3 is 2.62 bits per heavy atom. The fraction of sp³-hybridized carbons (Fsp3) is 0. The molecule has 0 aliphatic heterocycles.